The fourth-order valence-corrected chi connectivity index (χ4v) is 2.40. The Balaban J connectivity index is 0.000000238. The molecule has 0 saturated carbocycles. The van der Waals surface area contributed by atoms with Gasteiger partial charge in [-0.1, -0.05) is 0 Å². The highest BCUT2D eigenvalue weighted by atomic mass is 19.3. The second-order valence-corrected chi connectivity index (χ2v) is 7.46. The fraction of sp³-hybridized carbons (Fsp3) is 0.867. The molecule has 23 heavy (non-hydrogen) atoms. The van der Waals surface area contributed by atoms with Gasteiger partial charge < -0.3 is 9.47 Å². The van der Waals surface area contributed by atoms with E-state index in [1.807, 2.05) is 20.8 Å². The van der Waals surface area contributed by atoms with Gasteiger partial charge in [-0.3, -0.25) is 9.80 Å². The van der Waals surface area contributed by atoms with E-state index in [1.54, 1.807) is 25.7 Å². The van der Waals surface area contributed by atoms with Gasteiger partial charge in [0, 0.05) is 11.1 Å². The second-order valence-electron chi connectivity index (χ2n) is 7.46. The van der Waals surface area contributed by atoms with E-state index in [0.717, 1.165) is 11.4 Å². The third kappa shape index (κ3) is 4.94. The molecular weight excluding hydrogens is 310 g/mol. The summed E-state index contributed by atoms with van der Waals surface area (Å²) in [6.07, 6.45) is -3.39. The van der Waals surface area contributed by atoms with Crippen molar-refractivity contribution in [1.29, 1.82) is 0 Å². The quantitative estimate of drug-likeness (QED) is 0.738. The van der Waals surface area contributed by atoms with Gasteiger partial charge in [-0.25, -0.2) is 18.4 Å². The van der Waals surface area contributed by atoms with Crippen LogP contribution in [0, 0.1) is 0 Å². The van der Waals surface area contributed by atoms with E-state index < -0.39 is 24.1 Å². The van der Waals surface area contributed by atoms with Gasteiger partial charge in [-0.15, -0.1) is 0 Å². The number of hydrogen-bond acceptors (Lipinski definition) is 4. The Hall–Kier alpha value is -1.60. The number of cyclic esters (lactones) is 2. The molecule has 8 heteroatoms. The lowest BCUT2D eigenvalue weighted by Crippen LogP contribution is -2.50. The summed E-state index contributed by atoms with van der Waals surface area (Å²) >= 11 is 0. The van der Waals surface area contributed by atoms with Crippen molar-refractivity contribution in [2.75, 3.05) is 19.8 Å². The van der Waals surface area contributed by atoms with E-state index in [-0.39, 0.29) is 18.2 Å². The van der Waals surface area contributed by atoms with Gasteiger partial charge in [0.25, 0.3) is 6.43 Å². The molecule has 6 nitrogen and oxygen atoms in total. The number of carbonyl (C=O) groups excluding carboxylic acids is 2. The summed E-state index contributed by atoms with van der Waals surface area (Å²) in [6, 6.07) is -1.10. The Morgan fingerprint density at radius 3 is 1.83 bits per heavy atom. The number of amides is 2. The molecule has 0 aromatic rings. The van der Waals surface area contributed by atoms with Gasteiger partial charge in [0.05, 0.1) is 6.54 Å². The summed E-state index contributed by atoms with van der Waals surface area (Å²) < 4.78 is 34.2. The summed E-state index contributed by atoms with van der Waals surface area (Å²) in [6.45, 7) is 12.2. The number of nitrogens with zero attached hydrogens (tertiary/aromatic N) is 2. The Kier molecular flexibility index (Phi) is 5.82. The molecule has 2 rings (SSSR count). The number of carbonyl (C=O) groups is 2. The van der Waals surface area contributed by atoms with Crippen LogP contribution < -0.4 is 0 Å². The molecule has 0 aromatic carbocycles. The average molecular weight is 336 g/mol. The van der Waals surface area contributed by atoms with Crippen LogP contribution in [0.3, 0.4) is 0 Å². The summed E-state index contributed by atoms with van der Waals surface area (Å²) in [7, 11) is 0. The molecule has 2 aliphatic rings. The minimum absolute atomic E-state index is 0.0897. The van der Waals surface area contributed by atoms with Gasteiger partial charge in [-0.2, -0.15) is 0 Å². The molecule has 2 aliphatic heterocycles. The zero-order valence-electron chi connectivity index (χ0n) is 14.6. The van der Waals surface area contributed by atoms with Gasteiger partial charge in [0.1, 0.15) is 19.3 Å². The SMILES string of the molecule is CC(C)(C)N1C(=O)OCC1C(F)F.CC(C)(C)N1CCOC1=O. The van der Waals surface area contributed by atoms with Gasteiger partial charge in [-0.05, 0) is 41.5 Å². The first kappa shape index (κ1) is 19.4. The van der Waals surface area contributed by atoms with E-state index in [0.29, 0.717) is 6.61 Å². The van der Waals surface area contributed by atoms with Crippen molar-refractivity contribution >= 4 is 12.2 Å². The molecule has 0 bridgehead atoms. The van der Waals surface area contributed by atoms with Gasteiger partial charge >= 0.3 is 12.2 Å². The predicted octanol–water partition coefficient (Wildman–Crippen LogP) is 3.11. The third-order valence-electron chi connectivity index (χ3n) is 3.49. The molecule has 2 heterocycles. The van der Waals surface area contributed by atoms with Crippen molar-refractivity contribution < 1.29 is 27.8 Å². The highest BCUT2D eigenvalue weighted by Crippen LogP contribution is 2.27. The van der Waals surface area contributed by atoms with E-state index in [9.17, 15) is 18.4 Å². The van der Waals surface area contributed by atoms with Crippen LogP contribution in [0.5, 0.6) is 0 Å². The summed E-state index contributed by atoms with van der Waals surface area (Å²) in [4.78, 5) is 24.9. The first-order valence-electron chi connectivity index (χ1n) is 7.54. The van der Waals surface area contributed by atoms with Crippen LogP contribution in [0.2, 0.25) is 0 Å². The first-order valence-corrected chi connectivity index (χ1v) is 7.54. The maximum absolute atomic E-state index is 12.4. The van der Waals surface area contributed by atoms with Crippen molar-refractivity contribution in [3.63, 3.8) is 0 Å². The fourth-order valence-electron chi connectivity index (χ4n) is 2.40. The number of hydrogen-bond donors (Lipinski definition) is 0. The van der Waals surface area contributed by atoms with Crippen molar-refractivity contribution in [2.45, 2.75) is 65.1 Å². The molecule has 0 aliphatic carbocycles. The van der Waals surface area contributed by atoms with Crippen LogP contribution in [0.1, 0.15) is 41.5 Å². The molecule has 0 spiro atoms. The van der Waals surface area contributed by atoms with Gasteiger partial charge in [0.15, 0.2) is 0 Å². The second kappa shape index (κ2) is 6.88. The van der Waals surface area contributed by atoms with Crippen LogP contribution >= 0.6 is 0 Å². The van der Waals surface area contributed by atoms with Crippen molar-refractivity contribution in [1.82, 2.24) is 9.80 Å². The Bertz CT molecular complexity index is 444. The zero-order valence-corrected chi connectivity index (χ0v) is 14.6. The van der Waals surface area contributed by atoms with Crippen molar-refractivity contribution in [3.05, 3.63) is 0 Å². The van der Waals surface area contributed by atoms with E-state index >= 15 is 0 Å². The predicted molar refractivity (Wildman–Crippen MR) is 80.5 cm³/mol. The van der Waals surface area contributed by atoms with E-state index in [1.165, 1.54) is 0 Å². The largest absolute Gasteiger partial charge is 0.448 e. The van der Waals surface area contributed by atoms with Crippen LogP contribution in [0.15, 0.2) is 0 Å². The van der Waals surface area contributed by atoms with E-state index in [2.05, 4.69) is 4.74 Å². The Morgan fingerprint density at radius 2 is 1.57 bits per heavy atom. The summed E-state index contributed by atoms with van der Waals surface area (Å²) in [5.74, 6) is 0. The lowest BCUT2D eigenvalue weighted by molar-refractivity contribution is 0.0283. The first-order chi connectivity index (χ1) is 10.4. The molecule has 0 N–H and O–H groups in total. The Morgan fingerprint density at radius 1 is 1.00 bits per heavy atom. The number of ether oxygens (including phenoxy) is 2. The molecule has 2 fully saturated rings. The smallest absolute Gasteiger partial charge is 0.410 e. The maximum atomic E-state index is 12.4. The van der Waals surface area contributed by atoms with Crippen LogP contribution in [0.25, 0.3) is 0 Å². The number of halogens is 2. The molecule has 0 radical (unpaired) electrons. The number of rotatable bonds is 1. The summed E-state index contributed by atoms with van der Waals surface area (Å²) in [5.41, 5.74) is -0.706. The lowest BCUT2D eigenvalue weighted by Gasteiger charge is -2.33. The van der Waals surface area contributed by atoms with Gasteiger partial charge in [0.2, 0.25) is 0 Å². The zero-order chi connectivity index (χ0) is 18.0. The average Bonchev–Trinajstić information content (AvgIpc) is 2.94. The highest BCUT2D eigenvalue weighted by molar-refractivity contribution is 5.71. The van der Waals surface area contributed by atoms with Crippen LogP contribution in [-0.2, 0) is 9.47 Å². The molecule has 2 saturated heterocycles. The molecule has 1 atom stereocenters. The molecule has 0 aromatic heterocycles. The van der Waals surface area contributed by atoms with Crippen LogP contribution in [0.4, 0.5) is 18.4 Å². The molecule has 134 valence electrons. The standard InChI is InChI=1S/C8H13F2NO2.C7H13NO2/c1-8(2,3)11-5(6(9)10)4-13-7(11)12;1-7(2,3)8-4-5-10-6(8)9/h5-6H,4H2,1-3H3;4-5H2,1-3H3. The summed E-state index contributed by atoms with van der Waals surface area (Å²) in [5, 5.41) is 0. The molecule has 1 unspecified atom stereocenters. The topological polar surface area (TPSA) is 59.1 Å². The highest BCUT2D eigenvalue weighted by Gasteiger charge is 2.44. The van der Waals surface area contributed by atoms with E-state index in [4.69, 9.17) is 4.74 Å². The monoisotopic (exact) mass is 336 g/mol. The third-order valence-corrected chi connectivity index (χ3v) is 3.49. The minimum atomic E-state index is -2.55. The molecule has 2 amide bonds. The minimum Gasteiger partial charge on any atom is -0.448 e. The molecular formula is C15H26F2N2O4. The van der Waals surface area contributed by atoms with Crippen molar-refractivity contribution in [2.24, 2.45) is 0 Å². The number of alkyl halides is 2. The maximum Gasteiger partial charge on any atom is 0.410 e. The normalized spacial score (nSPS) is 22.0. The van der Waals surface area contributed by atoms with Crippen molar-refractivity contribution in [3.8, 4) is 0 Å². The van der Waals surface area contributed by atoms with Crippen LogP contribution in [-0.4, -0.2) is 65.3 Å². The lowest BCUT2D eigenvalue weighted by atomic mass is 10.0. The Labute approximate surface area is 135 Å².